The normalized spacial score (nSPS) is 21.1. The molecule has 4 N–H and O–H groups in total. The molecule has 1 aromatic rings. The van der Waals surface area contributed by atoms with Crippen molar-refractivity contribution in [2.75, 3.05) is 18.8 Å². The van der Waals surface area contributed by atoms with Gasteiger partial charge in [-0.25, -0.2) is 4.98 Å². The van der Waals surface area contributed by atoms with Gasteiger partial charge in [-0.15, -0.1) is 0 Å². The lowest BCUT2D eigenvalue weighted by atomic mass is 10.1. The van der Waals surface area contributed by atoms with Crippen LogP contribution in [0.15, 0.2) is 12.4 Å². The summed E-state index contributed by atoms with van der Waals surface area (Å²) >= 11 is 0. The maximum Gasteiger partial charge on any atom is 0.221 e. The zero-order valence-corrected chi connectivity index (χ0v) is 8.97. The van der Waals surface area contributed by atoms with E-state index in [0.717, 1.165) is 18.7 Å². The Hall–Kier alpha value is -1.69. The Labute approximate surface area is 93.7 Å². The van der Waals surface area contributed by atoms with Crippen molar-refractivity contribution in [1.82, 2.24) is 14.9 Å². The maximum atomic E-state index is 11.0. The zero-order valence-electron chi connectivity index (χ0n) is 8.97. The number of nitrogens with two attached hydrogens (primary N) is 2. The number of nitrogen functional groups attached to an aromatic ring is 1. The van der Waals surface area contributed by atoms with E-state index in [-0.39, 0.29) is 11.8 Å². The fourth-order valence-electron chi connectivity index (χ4n) is 1.88. The average Bonchev–Trinajstić information content (AvgIpc) is 2.70. The van der Waals surface area contributed by atoms with Crippen molar-refractivity contribution in [3.05, 3.63) is 18.1 Å². The summed E-state index contributed by atoms with van der Waals surface area (Å²) in [6, 6.07) is 0. The highest BCUT2D eigenvalue weighted by atomic mass is 16.1. The summed E-state index contributed by atoms with van der Waals surface area (Å²) in [7, 11) is 0. The quantitative estimate of drug-likeness (QED) is 0.707. The van der Waals surface area contributed by atoms with Gasteiger partial charge in [0.1, 0.15) is 5.82 Å². The summed E-state index contributed by atoms with van der Waals surface area (Å²) in [6.45, 7) is 2.28. The van der Waals surface area contributed by atoms with E-state index in [9.17, 15) is 4.79 Å². The summed E-state index contributed by atoms with van der Waals surface area (Å²) in [5.41, 5.74) is 11.6. The van der Waals surface area contributed by atoms with Crippen LogP contribution in [0.4, 0.5) is 5.82 Å². The van der Waals surface area contributed by atoms with Crippen LogP contribution in [0.1, 0.15) is 12.1 Å². The van der Waals surface area contributed by atoms with Crippen LogP contribution >= 0.6 is 0 Å². The van der Waals surface area contributed by atoms with Crippen LogP contribution in [-0.2, 0) is 11.3 Å². The van der Waals surface area contributed by atoms with E-state index >= 15 is 0 Å². The van der Waals surface area contributed by atoms with Crippen LogP contribution < -0.4 is 11.5 Å². The number of amides is 1. The highest BCUT2D eigenvalue weighted by Crippen LogP contribution is 2.17. The zero-order chi connectivity index (χ0) is 11.5. The summed E-state index contributed by atoms with van der Waals surface area (Å²) in [4.78, 5) is 21.3. The Morgan fingerprint density at radius 3 is 2.88 bits per heavy atom. The third kappa shape index (κ3) is 2.46. The van der Waals surface area contributed by atoms with Crippen LogP contribution in [0.3, 0.4) is 0 Å². The molecule has 86 valence electrons. The minimum Gasteiger partial charge on any atom is -0.382 e. The second kappa shape index (κ2) is 4.44. The lowest BCUT2D eigenvalue weighted by molar-refractivity contribution is -0.121. The van der Waals surface area contributed by atoms with Gasteiger partial charge in [-0.3, -0.25) is 14.7 Å². The first kappa shape index (κ1) is 10.8. The minimum absolute atomic E-state index is 0.0262. The highest BCUT2D eigenvalue weighted by Gasteiger charge is 2.26. The van der Waals surface area contributed by atoms with Crippen molar-refractivity contribution >= 4 is 11.7 Å². The number of rotatable bonds is 3. The fraction of sp³-hybridized carbons (Fsp3) is 0.500. The minimum atomic E-state index is -0.217. The molecule has 1 amide bonds. The molecule has 0 saturated carbocycles. The van der Waals surface area contributed by atoms with Crippen molar-refractivity contribution in [2.45, 2.75) is 13.0 Å². The lowest BCUT2D eigenvalue weighted by Crippen LogP contribution is -2.27. The van der Waals surface area contributed by atoms with Crippen molar-refractivity contribution in [2.24, 2.45) is 11.7 Å². The van der Waals surface area contributed by atoms with Crippen molar-refractivity contribution in [3.63, 3.8) is 0 Å². The first-order valence-corrected chi connectivity index (χ1v) is 5.23. The molecular formula is C10H15N5O. The first-order valence-electron chi connectivity index (χ1n) is 5.23. The number of carbonyl (C=O) groups is 1. The topological polar surface area (TPSA) is 98.1 Å². The largest absolute Gasteiger partial charge is 0.382 e. The first-order chi connectivity index (χ1) is 7.65. The molecule has 0 bridgehead atoms. The second-order valence-electron chi connectivity index (χ2n) is 4.06. The van der Waals surface area contributed by atoms with Gasteiger partial charge in [-0.1, -0.05) is 0 Å². The SMILES string of the molecule is NC(=O)C1CCN(Cc2cnc(N)cn2)C1. The standard InChI is InChI=1S/C10H15N5O/c11-9-4-13-8(3-14-9)6-15-2-1-7(5-15)10(12)16/h3-4,7H,1-2,5-6H2,(H2,11,14)(H2,12,16). The van der Waals surface area contributed by atoms with E-state index < -0.39 is 0 Å². The Kier molecular flexibility index (Phi) is 3.00. The number of likely N-dealkylation sites (tertiary alicyclic amines) is 1. The van der Waals surface area contributed by atoms with E-state index in [4.69, 9.17) is 11.5 Å². The van der Waals surface area contributed by atoms with Crippen molar-refractivity contribution in [3.8, 4) is 0 Å². The fourth-order valence-corrected chi connectivity index (χ4v) is 1.88. The molecule has 1 saturated heterocycles. The van der Waals surface area contributed by atoms with Crippen LogP contribution in [0.2, 0.25) is 0 Å². The Morgan fingerprint density at radius 1 is 1.50 bits per heavy atom. The van der Waals surface area contributed by atoms with Crippen molar-refractivity contribution < 1.29 is 4.79 Å². The number of anilines is 1. The smallest absolute Gasteiger partial charge is 0.221 e. The van der Waals surface area contributed by atoms with Crippen LogP contribution in [0, 0.1) is 5.92 Å². The third-order valence-corrected chi connectivity index (χ3v) is 2.79. The molecule has 6 nitrogen and oxygen atoms in total. The molecule has 2 rings (SSSR count). The maximum absolute atomic E-state index is 11.0. The third-order valence-electron chi connectivity index (χ3n) is 2.79. The van der Waals surface area contributed by atoms with Gasteiger partial charge in [-0.05, 0) is 13.0 Å². The molecule has 6 heteroatoms. The van der Waals surface area contributed by atoms with E-state index in [1.165, 1.54) is 6.20 Å². The molecule has 0 aliphatic carbocycles. The molecule has 1 aliphatic heterocycles. The molecule has 1 aromatic heterocycles. The van der Waals surface area contributed by atoms with Gasteiger partial charge >= 0.3 is 0 Å². The molecule has 0 aromatic carbocycles. The summed E-state index contributed by atoms with van der Waals surface area (Å²) in [5.74, 6) is 0.174. The van der Waals surface area contributed by atoms with Crippen LogP contribution in [0.5, 0.6) is 0 Å². The average molecular weight is 221 g/mol. The Balaban J connectivity index is 1.92. The monoisotopic (exact) mass is 221 g/mol. The molecule has 2 heterocycles. The molecular weight excluding hydrogens is 206 g/mol. The number of carbonyl (C=O) groups excluding carboxylic acids is 1. The second-order valence-corrected chi connectivity index (χ2v) is 4.06. The van der Waals surface area contributed by atoms with Crippen LogP contribution in [-0.4, -0.2) is 33.9 Å². The summed E-state index contributed by atoms with van der Waals surface area (Å²) in [5, 5.41) is 0. The van der Waals surface area contributed by atoms with Crippen molar-refractivity contribution in [1.29, 1.82) is 0 Å². The van der Waals surface area contributed by atoms with Gasteiger partial charge in [-0.2, -0.15) is 0 Å². The van der Waals surface area contributed by atoms with Gasteiger partial charge < -0.3 is 11.5 Å². The van der Waals surface area contributed by atoms with E-state index in [1.807, 2.05) is 0 Å². The number of aromatic nitrogens is 2. The molecule has 1 aliphatic rings. The van der Waals surface area contributed by atoms with Gasteiger partial charge in [0.2, 0.25) is 5.91 Å². The van der Waals surface area contributed by atoms with E-state index in [0.29, 0.717) is 18.9 Å². The number of hydrogen-bond donors (Lipinski definition) is 2. The van der Waals surface area contributed by atoms with Crippen LogP contribution in [0.25, 0.3) is 0 Å². The summed E-state index contributed by atoms with van der Waals surface area (Å²) < 4.78 is 0. The molecule has 1 unspecified atom stereocenters. The lowest BCUT2D eigenvalue weighted by Gasteiger charge is -2.14. The Bertz CT molecular complexity index is 377. The highest BCUT2D eigenvalue weighted by molar-refractivity contribution is 5.77. The molecule has 1 fully saturated rings. The predicted octanol–water partition coefficient (Wildman–Crippen LogP) is -0.634. The molecule has 0 spiro atoms. The number of nitrogens with zero attached hydrogens (tertiary/aromatic N) is 3. The molecule has 16 heavy (non-hydrogen) atoms. The Morgan fingerprint density at radius 2 is 2.31 bits per heavy atom. The van der Waals surface area contributed by atoms with Gasteiger partial charge in [0, 0.05) is 13.1 Å². The molecule has 0 radical (unpaired) electrons. The van der Waals surface area contributed by atoms with E-state index in [1.54, 1.807) is 6.20 Å². The van der Waals surface area contributed by atoms with Gasteiger partial charge in [0.15, 0.2) is 0 Å². The number of primary amides is 1. The number of hydrogen-bond acceptors (Lipinski definition) is 5. The molecule has 1 atom stereocenters. The summed E-state index contributed by atoms with van der Waals surface area (Å²) in [6.07, 6.45) is 4.03. The van der Waals surface area contributed by atoms with Gasteiger partial charge in [0.05, 0.1) is 24.0 Å². The van der Waals surface area contributed by atoms with E-state index in [2.05, 4.69) is 14.9 Å². The predicted molar refractivity (Wildman–Crippen MR) is 59.0 cm³/mol. The van der Waals surface area contributed by atoms with Gasteiger partial charge in [0.25, 0.3) is 0 Å².